The molecule has 3 rings (SSSR count). The molecule has 0 unspecified atom stereocenters. The van der Waals surface area contributed by atoms with Crippen LogP contribution >= 0.6 is 0 Å². The van der Waals surface area contributed by atoms with E-state index in [1.54, 1.807) is 24.4 Å². The van der Waals surface area contributed by atoms with Crippen molar-refractivity contribution in [1.29, 1.82) is 0 Å². The third kappa shape index (κ3) is 4.25. The van der Waals surface area contributed by atoms with Crippen LogP contribution in [0.15, 0.2) is 54.7 Å². The van der Waals surface area contributed by atoms with E-state index < -0.39 is 23.8 Å². The summed E-state index contributed by atoms with van der Waals surface area (Å²) in [5.41, 5.74) is 0.854. The number of pyridine rings is 1. The van der Waals surface area contributed by atoms with E-state index in [1.165, 1.54) is 32.4 Å². The van der Waals surface area contributed by atoms with Gasteiger partial charge in [-0.05, 0) is 30.3 Å². The van der Waals surface area contributed by atoms with Crippen molar-refractivity contribution in [2.24, 2.45) is 0 Å². The summed E-state index contributed by atoms with van der Waals surface area (Å²) in [7, 11) is 2.36. The van der Waals surface area contributed by atoms with E-state index in [4.69, 9.17) is 0 Å². The first-order chi connectivity index (χ1) is 14.4. The van der Waals surface area contributed by atoms with Gasteiger partial charge in [-0.25, -0.2) is 9.59 Å². The van der Waals surface area contributed by atoms with Crippen molar-refractivity contribution >= 4 is 46.0 Å². The first-order valence-corrected chi connectivity index (χ1v) is 8.71. The zero-order valence-electron chi connectivity index (χ0n) is 16.1. The second kappa shape index (κ2) is 8.82. The first-order valence-electron chi connectivity index (χ1n) is 8.71. The second-order valence-corrected chi connectivity index (χ2v) is 6.03. The number of carbonyl (C=O) groups excluding carboxylic acids is 4. The quantitative estimate of drug-likeness (QED) is 0.503. The minimum absolute atomic E-state index is 0.0295. The summed E-state index contributed by atoms with van der Waals surface area (Å²) in [6, 6.07) is 12.6. The van der Waals surface area contributed by atoms with Crippen LogP contribution in [0.2, 0.25) is 0 Å². The Morgan fingerprint density at radius 1 is 0.800 bits per heavy atom. The molecule has 1 heterocycles. The molecule has 0 saturated carbocycles. The molecular formula is C21H17N3O6. The van der Waals surface area contributed by atoms with Gasteiger partial charge in [-0.2, -0.15) is 0 Å². The van der Waals surface area contributed by atoms with Gasteiger partial charge in [-0.15, -0.1) is 0 Å². The molecule has 2 aromatic carbocycles. The molecule has 2 amide bonds. The lowest BCUT2D eigenvalue weighted by molar-refractivity contribution is -0.132. The van der Waals surface area contributed by atoms with Crippen molar-refractivity contribution < 1.29 is 28.7 Å². The highest BCUT2D eigenvalue weighted by molar-refractivity contribution is 6.44. The van der Waals surface area contributed by atoms with Gasteiger partial charge in [0.15, 0.2) is 0 Å². The standard InChI is InChI=1S/C21H17N3O6/c1-29-20(27)13-8-9-14(21(28)30-2)16(11-13)24-19(26)18(25)23-15-7-3-5-12-6-4-10-22-17(12)15/h3-11H,1-2H3,(H,23,25)(H,24,26). The fourth-order valence-corrected chi connectivity index (χ4v) is 2.74. The number of anilines is 2. The van der Waals surface area contributed by atoms with E-state index in [-0.39, 0.29) is 16.8 Å². The minimum Gasteiger partial charge on any atom is -0.465 e. The summed E-state index contributed by atoms with van der Waals surface area (Å²) in [5, 5.41) is 5.61. The van der Waals surface area contributed by atoms with Gasteiger partial charge in [0.25, 0.3) is 0 Å². The van der Waals surface area contributed by atoms with Gasteiger partial charge in [-0.1, -0.05) is 18.2 Å². The van der Waals surface area contributed by atoms with Crippen molar-refractivity contribution in [3.8, 4) is 0 Å². The Hall–Kier alpha value is -4.27. The molecule has 3 aromatic rings. The van der Waals surface area contributed by atoms with Crippen LogP contribution in [0.5, 0.6) is 0 Å². The molecule has 9 nitrogen and oxygen atoms in total. The van der Waals surface area contributed by atoms with Gasteiger partial charge >= 0.3 is 23.8 Å². The molecule has 2 N–H and O–H groups in total. The monoisotopic (exact) mass is 407 g/mol. The van der Waals surface area contributed by atoms with Crippen LogP contribution < -0.4 is 10.6 Å². The molecule has 30 heavy (non-hydrogen) atoms. The van der Waals surface area contributed by atoms with Crippen molar-refractivity contribution in [3.05, 3.63) is 65.9 Å². The van der Waals surface area contributed by atoms with Crippen LogP contribution in [0.1, 0.15) is 20.7 Å². The average Bonchev–Trinajstić information content (AvgIpc) is 2.78. The predicted octanol–water partition coefficient (Wildman–Crippen LogP) is 2.39. The molecule has 0 atom stereocenters. The summed E-state index contributed by atoms with van der Waals surface area (Å²) in [5.74, 6) is -3.45. The molecule has 152 valence electrons. The lowest BCUT2D eigenvalue weighted by Crippen LogP contribution is -2.30. The zero-order chi connectivity index (χ0) is 21.7. The van der Waals surface area contributed by atoms with E-state index in [9.17, 15) is 19.2 Å². The SMILES string of the molecule is COC(=O)c1ccc(C(=O)OC)c(NC(=O)C(=O)Nc2cccc3cccnc23)c1. The topological polar surface area (TPSA) is 124 Å². The van der Waals surface area contributed by atoms with Gasteiger partial charge in [0.2, 0.25) is 0 Å². The van der Waals surface area contributed by atoms with Crippen molar-refractivity contribution in [3.63, 3.8) is 0 Å². The largest absolute Gasteiger partial charge is 0.465 e. The van der Waals surface area contributed by atoms with Gasteiger partial charge < -0.3 is 20.1 Å². The second-order valence-electron chi connectivity index (χ2n) is 6.03. The number of carbonyl (C=O) groups is 4. The van der Waals surface area contributed by atoms with Crippen LogP contribution in [0.3, 0.4) is 0 Å². The molecule has 0 aliphatic heterocycles. The lowest BCUT2D eigenvalue weighted by atomic mass is 10.1. The van der Waals surface area contributed by atoms with Crippen molar-refractivity contribution in [1.82, 2.24) is 4.98 Å². The van der Waals surface area contributed by atoms with Crippen molar-refractivity contribution in [2.45, 2.75) is 0 Å². The smallest absolute Gasteiger partial charge is 0.339 e. The molecule has 0 radical (unpaired) electrons. The van der Waals surface area contributed by atoms with E-state index >= 15 is 0 Å². The molecule has 0 fully saturated rings. The Bertz CT molecular complexity index is 1150. The first kappa shape index (κ1) is 20.5. The van der Waals surface area contributed by atoms with Crippen LogP contribution in [-0.4, -0.2) is 43.0 Å². The number of hydrogen-bond donors (Lipinski definition) is 2. The van der Waals surface area contributed by atoms with Crippen LogP contribution in [0.4, 0.5) is 11.4 Å². The van der Waals surface area contributed by atoms with E-state index in [0.717, 1.165) is 5.39 Å². The van der Waals surface area contributed by atoms with Crippen LogP contribution in [0.25, 0.3) is 10.9 Å². The Labute approximate surface area is 171 Å². The maximum Gasteiger partial charge on any atom is 0.339 e. The number of amides is 2. The normalized spacial score (nSPS) is 10.2. The minimum atomic E-state index is -1.05. The number of aromatic nitrogens is 1. The third-order valence-electron chi connectivity index (χ3n) is 4.18. The number of nitrogens with zero attached hydrogens (tertiary/aromatic N) is 1. The summed E-state index contributed by atoms with van der Waals surface area (Å²) in [4.78, 5) is 52.8. The van der Waals surface area contributed by atoms with Gasteiger partial charge in [0.05, 0.1) is 42.2 Å². The highest BCUT2D eigenvalue weighted by Gasteiger charge is 2.21. The molecule has 0 bridgehead atoms. The Morgan fingerprint density at radius 3 is 2.17 bits per heavy atom. The molecule has 0 aliphatic carbocycles. The number of benzene rings is 2. The van der Waals surface area contributed by atoms with Crippen LogP contribution in [-0.2, 0) is 19.1 Å². The molecule has 9 heteroatoms. The molecule has 0 spiro atoms. The molecular weight excluding hydrogens is 390 g/mol. The number of rotatable bonds is 4. The Kier molecular flexibility index (Phi) is 6.02. The summed E-state index contributed by atoms with van der Waals surface area (Å²) >= 11 is 0. The molecule has 0 saturated heterocycles. The number of hydrogen-bond acceptors (Lipinski definition) is 7. The number of esters is 2. The number of methoxy groups -OCH3 is 2. The van der Waals surface area contributed by atoms with Gasteiger partial charge in [0.1, 0.15) is 0 Å². The molecule has 1 aromatic heterocycles. The number of para-hydroxylation sites is 1. The highest BCUT2D eigenvalue weighted by Crippen LogP contribution is 2.22. The predicted molar refractivity (Wildman–Crippen MR) is 108 cm³/mol. The Balaban J connectivity index is 1.86. The number of ether oxygens (including phenoxy) is 2. The highest BCUT2D eigenvalue weighted by atomic mass is 16.5. The molecule has 0 aliphatic rings. The van der Waals surface area contributed by atoms with Gasteiger partial charge in [-0.3, -0.25) is 14.6 Å². The fraction of sp³-hybridized carbons (Fsp3) is 0.0952. The van der Waals surface area contributed by atoms with E-state index in [1.807, 2.05) is 12.1 Å². The van der Waals surface area contributed by atoms with E-state index in [2.05, 4.69) is 25.1 Å². The van der Waals surface area contributed by atoms with Crippen molar-refractivity contribution in [2.75, 3.05) is 24.9 Å². The maximum atomic E-state index is 12.5. The lowest BCUT2D eigenvalue weighted by Gasteiger charge is -2.12. The summed E-state index contributed by atoms with van der Waals surface area (Å²) in [6.07, 6.45) is 1.57. The average molecular weight is 407 g/mol. The van der Waals surface area contributed by atoms with Gasteiger partial charge in [0, 0.05) is 11.6 Å². The van der Waals surface area contributed by atoms with E-state index in [0.29, 0.717) is 11.2 Å². The summed E-state index contributed by atoms with van der Waals surface area (Å²) in [6.45, 7) is 0. The Morgan fingerprint density at radius 2 is 1.47 bits per heavy atom. The summed E-state index contributed by atoms with van der Waals surface area (Å²) < 4.78 is 9.31. The third-order valence-corrected chi connectivity index (χ3v) is 4.18. The maximum absolute atomic E-state index is 12.5. The van der Waals surface area contributed by atoms with Crippen LogP contribution in [0, 0.1) is 0 Å². The number of fused-ring (bicyclic) bond motifs is 1. The zero-order valence-corrected chi connectivity index (χ0v) is 16.1. The number of nitrogens with one attached hydrogen (secondary N) is 2. The fourth-order valence-electron chi connectivity index (χ4n) is 2.74.